The van der Waals surface area contributed by atoms with E-state index in [0.29, 0.717) is 27.9 Å². The van der Waals surface area contributed by atoms with Gasteiger partial charge in [0, 0.05) is 14.9 Å². The Labute approximate surface area is 194 Å². The number of hydrogen-bond acceptors (Lipinski definition) is 6. The highest BCUT2D eigenvalue weighted by molar-refractivity contribution is 9.10. The lowest BCUT2D eigenvalue weighted by Gasteiger charge is -2.33. The molecular formula is C23H25BrN2O2S2. The number of thiophene rings is 1. The lowest BCUT2D eigenvalue weighted by Crippen LogP contribution is -2.26. The minimum atomic E-state index is -0.0585. The van der Waals surface area contributed by atoms with Gasteiger partial charge in [0.25, 0.3) is 0 Å². The van der Waals surface area contributed by atoms with E-state index in [4.69, 9.17) is 9.72 Å². The van der Waals surface area contributed by atoms with Gasteiger partial charge in [0.05, 0.1) is 5.39 Å². The first kappa shape index (κ1) is 21.8. The average molecular weight is 506 g/mol. The van der Waals surface area contributed by atoms with E-state index in [-0.39, 0.29) is 12.4 Å². The molecular weight excluding hydrogens is 480 g/mol. The van der Waals surface area contributed by atoms with Gasteiger partial charge < -0.3 is 4.74 Å². The molecule has 0 radical (unpaired) electrons. The molecule has 0 aliphatic heterocycles. The summed E-state index contributed by atoms with van der Waals surface area (Å²) >= 11 is 6.66. The van der Waals surface area contributed by atoms with Gasteiger partial charge in [-0.15, -0.1) is 11.3 Å². The zero-order chi connectivity index (χ0) is 21.5. The Bertz CT molecular complexity index is 1090. The van der Waals surface area contributed by atoms with Crippen LogP contribution in [0.4, 0.5) is 0 Å². The molecule has 2 heterocycles. The molecule has 0 saturated carbocycles. The van der Waals surface area contributed by atoms with Crippen LogP contribution in [0.3, 0.4) is 0 Å². The van der Waals surface area contributed by atoms with Crippen LogP contribution in [0.5, 0.6) is 5.88 Å². The number of aromatic nitrogens is 2. The highest BCUT2D eigenvalue weighted by Gasteiger charge is 2.32. The summed E-state index contributed by atoms with van der Waals surface area (Å²) in [7, 11) is 0. The summed E-state index contributed by atoms with van der Waals surface area (Å²) in [5, 5.41) is 1.68. The second-order valence-corrected chi connectivity index (χ2v) is 11.5. The molecule has 7 heteroatoms. The van der Waals surface area contributed by atoms with Gasteiger partial charge in [0.1, 0.15) is 4.83 Å². The minimum Gasteiger partial charge on any atom is -0.469 e. The molecule has 0 fully saturated rings. The van der Waals surface area contributed by atoms with Crippen LogP contribution in [0.2, 0.25) is 0 Å². The van der Waals surface area contributed by atoms with Crippen molar-refractivity contribution in [1.29, 1.82) is 0 Å². The molecule has 30 heavy (non-hydrogen) atoms. The van der Waals surface area contributed by atoms with Crippen molar-refractivity contribution in [1.82, 2.24) is 9.97 Å². The molecule has 4 rings (SSSR count). The molecule has 0 amide bonds. The molecule has 0 saturated heterocycles. The Morgan fingerprint density at radius 2 is 2.00 bits per heavy atom. The van der Waals surface area contributed by atoms with Crippen molar-refractivity contribution in [2.24, 2.45) is 11.3 Å². The minimum absolute atomic E-state index is 0.0309. The van der Waals surface area contributed by atoms with E-state index in [1.165, 1.54) is 22.2 Å². The number of fused-ring (bicyclic) bond motifs is 3. The van der Waals surface area contributed by atoms with Crippen molar-refractivity contribution in [3.63, 3.8) is 0 Å². The van der Waals surface area contributed by atoms with Crippen LogP contribution in [-0.2, 0) is 12.8 Å². The maximum atomic E-state index is 12.6. The number of rotatable bonds is 5. The summed E-state index contributed by atoms with van der Waals surface area (Å²) in [5.74, 6) is 1.15. The Hall–Kier alpha value is -1.44. The van der Waals surface area contributed by atoms with E-state index >= 15 is 0 Å². The number of benzene rings is 1. The maximum absolute atomic E-state index is 12.6. The van der Waals surface area contributed by atoms with E-state index in [9.17, 15) is 4.79 Å². The largest absolute Gasteiger partial charge is 0.469 e. The Morgan fingerprint density at radius 1 is 1.27 bits per heavy atom. The Kier molecular flexibility index (Phi) is 6.24. The van der Waals surface area contributed by atoms with Crippen LogP contribution in [0, 0.1) is 11.3 Å². The van der Waals surface area contributed by atoms with E-state index in [1.807, 2.05) is 18.4 Å². The third kappa shape index (κ3) is 4.43. The topological polar surface area (TPSA) is 52.1 Å². The standard InChI is InChI=1S/C23H25BrN2O2S2/c1-23(2,3)14-7-10-16-18(11-14)30-21-19(16)20(25-22(26-21)29-4)28-12-17(27)13-5-8-15(24)9-6-13/h5-6,8-9,14H,7,10-12H2,1-4H3/t14-/m0/s1. The predicted octanol–water partition coefficient (Wildman–Crippen LogP) is 6.59. The summed E-state index contributed by atoms with van der Waals surface area (Å²) in [6.07, 6.45) is 5.20. The fraction of sp³-hybridized carbons (Fsp3) is 0.435. The molecule has 158 valence electrons. The van der Waals surface area contributed by atoms with Crippen LogP contribution in [-0.4, -0.2) is 28.6 Å². The monoisotopic (exact) mass is 504 g/mol. The lowest BCUT2D eigenvalue weighted by molar-refractivity contribution is 0.0918. The van der Waals surface area contributed by atoms with Crippen molar-refractivity contribution in [3.05, 3.63) is 44.7 Å². The number of hydrogen-bond donors (Lipinski definition) is 0. The van der Waals surface area contributed by atoms with Gasteiger partial charge in [-0.2, -0.15) is 4.98 Å². The van der Waals surface area contributed by atoms with E-state index < -0.39 is 0 Å². The predicted molar refractivity (Wildman–Crippen MR) is 128 cm³/mol. The number of halogens is 1. The fourth-order valence-electron chi connectivity index (χ4n) is 3.91. The van der Waals surface area contributed by atoms with Gasteiger partial charge in [-0.1, -0.05) is 60.6 Å². The number of nitrogens with zero attached hydrogens (tertiary/aromatic N) is 2. The number of Topliss-reactive ketones (excluding diaryl/α,β-unsaturated/α-hetero) is 1. The van der Waals surface area contributed by atoms with Crippen molar-refractivity contribution in [2.45, 2.75) is 45.2 Å². The second kappa shape index (κ2) is 8.60. The summed E-state index contributed by atoms with van der Waals surface area (Å²) in [4.78, 5) is 24.3. The molecule has 3 aromatic rings. The van der Waals surface area contributed by atoms with Gasteiger partial charge in [-0.3, -0.25) is 4.79 Å². The van der Waals surface area contributed by atoms with Gasteiger partial charge in [0.15, 0.2) is 17.5 Å². The Balaban J connectivity index is 1.65. The highest BCUT2D eigenvalue weighted by atomic mass is 79.9. The highest BCUT2D eigenvalue weighted by Crippen LogP contribution is 2.45. The molecule has 0 unspecified atom stereocenters. The molecule has 0 spiro atoms. The molecule has 2 aromatic heterocycles. The maximum Gasteiger partial charge on any atom is 0.227 e. The number of ketones is 1. The normalized spacial score (nSPS) is 16.5. The summed E-state index contributed by atoms with van der Waals surface area (Å²) < 4.78 is 6.95. The first-order valence-electron chi connectivity index (χ1n) is 10.0. The van der Waals surface area contributed by atoms with Crippen molar-refractivity contribution < 1.29 is 9.53 Å². The van der Waals surface area contributed by atoms with Crippen molar-refractivity contribution in [3.8, 4) is 5.88 Å². The second-order valence-electron chi connectivity index (χ2n) is 8.72. The first-order valence-corrected chi connectivity index (χ1v) is 12.9. The first-order chi connectivity index (χ1) is 14.3. The van der Waals surface area contributed by atoms with E-state index in [1.54, 1.807) is 23.5 Å². The third-order valence-corrected chi connectivity index (χ3v) is 7.99. The molecule has 1 atom stereocenters. The zero-order valence-corrected chi connectivity index (χ0v) is 20.8. The number of carbonyl (C=O) groups is 1. The van der Waals surface area contributed by atoms with Gasteiger partial charge in [0.2, 0.25) is 5.88 Å². The van der Waals surface area contributed by atoms with E-state index in [0.717, 1.165) is 34.0 Å². The van der Waals surface area contributed by atoms with Crippen LogP contribution >= 0.6 is 39.0 Å². The fourth-order valence-corrected chi connectivity index (χ4v) is 5.88. The van der Waals surface area contributed by atoms with Gasteiger partial charge in [-0.25, -0.2) is 4.98 Å². The summed E-state index contributed by atoms with van der Waals surface area (Å²) in [6.45, 7) is 6.94. The van der Waals surface area contributed by atoms with Crippen molar-refractivity contribution in [2.75, 3.05) is 12.9 Å². The van der Waals surface area contributed by atoms with Crippen LogP contribution in [0.15, 0.2) is 33.9 Å². The van der Waals surface area contributed by atoms with Crippen molar-refractivity contribution >= 4 is 55.0 Å². The number of carbonyl (C=O) groups excluding carboxylic acids is 1. The SMILES string of the molecule is CSc1nc(OCC(=O)c2ccc(Br)cc2)c2c3c(sc2n1)C[C@@H](C(C)(C)C)CC3. The third-order valence-electron chi connectivity index (χ3n) is 5.77. The molecule has 1 aromatic carbocycles. The number of ether oxygens (including phenoxy) is 1. The lowest BCUT2D eigenvalue weighted by atomic mass is 9.72. The van der Waals surface area contributed by atoms with E-state index in [2.05, 4.69) is 41.7 Å². The Morgan fingerprint density at radius 3 is 2.67 bits per heavy atom. The quantitative estimate of drug-likeness (QED) is 0.223. The summed E-state index contributed by atoms with van der Waals surface area (Å²) in [6, 6.07) is 7.33. The molecule has 0 bridgehead atoms. The van der Waals surface area contributed by atoms with Gasteiger partial charge >= 0.3 is 0 Å². The zero-order valence-electron chi connectivity index (χ0n) is 17.6. The molecule has 4 nitrogen and oxygen atoms in total. The van der Waals surface area contributed by atoms with Crippen LogP contribution < -0.4 is 4.74 Å². The molecule has 0 N–H and O–H groups in total. The summed E-state index contributed by atoms with van der Waals surface area (Å²) in [5.41, 5.74) is 2.24. The average Bonchev–Trinajstić information content (AvgIpc) is 3.09. The number of thioether (sulfide) groups is 1. The molecule has 1 aliphatic rings. The van der Waals surface area contributed by atoms with Crippen LogP contribution in [0.25, 0.3) is 10.2 Å². The van der Waals surface area contributed by atoms with Crippen LogP contribution in [0.1, 0.15) is 48.0 Å². The smallest absolute Gasteiger partial charge is 0.227 e. The van der Waals surface area contributed by atoms with Gasteiger partial charge in [-0.05, 0) is 54.5 Å². The number of aryl methyl sites for hydroxylation is 1. The molecule has 1 aliphatic carbocycles.